The first-order chi connectivity index (χ1) is 10.4. The molecule has 0 aliphatic heterocycles. The van der Waals surface area contributed by atoms with Crippen LogP contribution < -0.4 is 5.32 Å². The summed E-state index contributed by atoms with van der Waals surface area (Å²) in [6.45, 7) is 12.3. The van der Waals surface area contributed by atoms with Crippen molar-refractivity contribution in [2.45, 2.75) is 84.8 Å². The first-order valence-electron chi connectivity index (χ1n) is 9.07. The molecule has 130 valence electrons. The van der Waals surface area contributed by atoms with E-state index >= 15 is 0 Å². The van der Waals surface area contributed by atoms with Crippen LogP contribution in [0.5, 0.6) is 0 Å². The molecule has 2 unspecified atom stereocenters. The molecular formula is C18H36N2O2. The standard InChI is InChI=1S/C18H36N2O2/c1-6-15-9-8-10-16(12-11-15)19-13-14-20(7-2)17(21)22-18(3,4)5/h15-16,19H,6-14H2,1-5H3. The van der Waals surface area contributed by atoms with E-state index in [2.05, 4.69) is 12.2 Å². The van der Waals surface area contributed by atoms with E-state index in [9.17, 15) is 4.79 Å². The Morgan fingerprint density at radius 3 is 2.50 bits per heavy atom. The quantitative estimate of drug-likeness (QED) is 0.748. The molecule has 1 amide bonds. The van der Waals surface area contributed by atoms with Crippen molar-refractivity contribution in [1.29, 1.82) is 0 Å². The Balaban J connectivity index is 2.30. The Morgan fingerprint density at radius 1 is 1.18 bits per heavy atom. The van der Waals surface area contributed by atoms with E-state index in [0.717, 1.165) is 19.0 Å². The van der Waals surface area contributed by atoms with Crippen LogP contribution in [0, 0.1) is 5.92 Å². The van der Waals surface area contributed by atoms with Crippen molar-refractivity contribution in [2.75, 3.05) is 19.6 Å². The lowest BCUT2D eigenvalue weighted by molar-refractivity contribution is 0.0260. The van der Waals surface area contributed by atoms with E-state index < -0.39 is 5.60 Å². The van der Waals surface area contributed by atoms with Crippen LogP contribution in [-0.2, 0) is 4.74 Å². The van der Waals surface area contributed by atoms with Crippen molar-refractivity contribution in [2.24, 2.45) is 5.92 Å². The summed E-state index contributed by atoms with van der Waals surface area (Å²) in [4.78, 5) is 13.9. The minimum Gasteiger partial charge on any atom is -0.444 e. The second-order valence-corrected chi connectivity index (χ2v) is 7.49. The fourth-order valence-corrected chi connectivity index (χ4v) is 3.10. The fraction of sp³-hybridized carbons (Fsp3) is 0.944. The van der Waals surface area contributed by atoms with Crippen LogP contribution in [0.3, 0.4) is 0 Å². The van der Waals surface area contributed by atoms with Crippen LogP contribution >= 0.6 is 0 Å². The molecule has 0 aromatic heterocycles. The Morgan fingerprint density at radius 2 is 1.91 bits per heavy atom. The summed E-state index contributed by atoms with van der Waals surface area (Å²) >= 11 is 0. The van der Waals surface area contributed by atoms with Gasteiger partial charge in [0.1, 0.15) is 5.60 Å². The topological polar surface area (TPSA) is 41.6 Å². The molecule has 1 N–H and O–H groups in total. The molecule has 0 bridgehead atoms. The summed E-state index contributed by atoms with van der Waals surface area (Å²) < 4.78 is 5.44. The van der Waals surface area contributed by atoms with Gasteiger partial charge in [-0.1, -0.05) is 26.2 Å². The lowest BCUT2D eigenvalue weighted by Crippen LogP contribution is -2.42. The maximum absolute atomic E-state index is 12.1. The van der Waals surface area contributed by atoms with Crippen molar-refractivity contribution in [1.82, 2.24) is 10.2 Å². The summed E-state index contributed by atoms with van der Waals surface area (Å²) in [5, 5.41) is 3.64. The van der Waals surface area contributed by atoms with Gasteiger partial charge in [0.2, 0.25) is 0 Å². The Kier molecular flexibility index (Phi) is 8.23. The zero-order valence-corrected chi connectivity index (χ0v) is 15.3. The first-order valence-corrected chi connectivity index (χ1v) is 9.07. The highest BCUT2D eigenvalue weighted by Crippen LogP contribution is 2.25. The summed E-state index contributed by atoms with van der Waals surface area (Å²) in [6.07, 6.45) is 7.72. The van der Waals surface area contributed by atoms with Gasteiger partial charge >= 0.3 is 6.09 Å². The van der Waals surface area contributed by atoms with Crippen LogP contribution in [0.15, 0.2) is 0 Å². The van der Waals surface area contributed by atoms with Crippen LogP contribution in [0.4, 0.5) is 4.79 Å². The SMILES string of the molecule is CCC1CCCC(NCCN(CC)C(=O)OC(C)(C)C)CC1. The van der Waals surface area contributed by atoms with Gasteiger partial charge in [0.25, 0.3) is 0 Å². The van der Waals surface area contributed by atoms with Crippen molar-refractivity contribution >= 4 is 6.09 Å². The molecule has 0 heterocycles. The van der Waals surface area contributed by atoms with Gasteiger partial charge < -0.3 is 15.0 Å². The third-order valence-electron chi connectivity index (χ3n) is 4.51. The molecule has 4 heteroatoms. The lowest BCUT2D eigenvalue weighted by atomic mass is 9.98. The number of nitrogens with zero attached hydrogens (tertiary/aromatic N) is 1. The van der Waals surface area contributed by atoms with Crippen molar-refractivity contribution in [3.05, 3.63) is 0 Å². The number of nitrogens with one attached hydrogen (secondary N) is 1. The van der Waals surface area contributed by atoms with E-state index in [1.807, 2.05) is 27.7 Å². The minimum atomic E-state index is -0.422. The van der Waals surface area contributed by atoms with E-state index in [1.165, 1.54) is 38.5 Å². The monoisotopic (exact) mass is 312 g/mol. The van der Waals surface area contributed by atoms with Gasteiger partial charge in [-0.25, -0.2) is 4.79 Å². The molecule has 1 aliphatic rings. The normalized spacial score (nSPS) is 23.0. The smallest absolute Gasteiger partial charge is 0.410 e. The molecule has 0 aromatic rings. The molecule has 1 aliphatic carbocycles. The van der Waals surface area contributed by atoms with Crippen molar-refractivity contribution in [3.8, 4) is 0 Å². The fourth-order valence-electron chi connectivity index (χ4n) is 3.10. The van der Waals surface area contributed by atoms with E-state index in [4.69, 9.17) is 4.74 Å². The predicted molar refractivity (Wildman–Crippen MR) is 92.1 cm³/mol. The average Bonchev–Trinajstić information content (AvgIpc) is 2.66. The largest absolute Gasteiger partial charge is 0.444 e. The van der Waals surface area contributed by atoms with Gasteiger partial charge in [-0.15, -0.1) is 0 Å². The molecule has 2 atom stereocenters. The summed E-state index contributed by atoms with van der Waals surface area (Å²) in [5.74, 6) is 0.917. The molecule has 4 nitrogen and oxygen atoms in total. The molecule has 0 spiro atoms. The van der Waals surface area contributed by atoms with Gasteiger partial charge in [-0.3, -0.25) is 0 Å². The highest BCUT2D eigenvalue weighted by atomic mass is 16.6. The third kappa shape index (κ3) is 7.48. The molecule has 0 radical (unpaired) electrons. The van der Waals surface area contributed by atoms with Gasteiger partial charge in [0.05, 0.1) is 0 Å². The zero-order valence-electron chi connectivity index (χ0n) is 15.3. The number of carbonyl (C=O) groups is 1. The van der Waals surface area contributed by atoms with Crippen molar-refractivity contribution < 1.29 is 9.53 Å². The van der Waals surface area contributed by atoms with Crippen LogP contribution in [-0.4, -0.2) is 42.3 Å². The first kappa shape index (κ1) is 19.3. The van der Waals surface area contributed by atoms with Crippen molar-refractivity contribution in [3.63, 3.8) is 0 Å². The van der Waals surface area contributed by atoms with Crippen LogP contribution in [0.25, 0.3) is 0 Å². The maximum atomic E-state index is 12.1. The van der Waals surface area contributed by atoms with Gasteiger partial charge in [0.15, 0.2) is 0 Å². The molecule has 1 fully saturated rings. The number of amides is 1. The predicted octanol–water partition coefficient (Wildman–Crippen LogP) is 4.19. The Bertz CT molecular complexity index is 326. The Labute approximate surface area is 137 Å². The van der Waals surface area contributed by atoms with E-state index in [-0.39, 0.29) is 6.09 Å². The number of carbonyl (C=O) groups excluding carboxylic acids is 1. The number of likely N-dealkylation sites (N-methyl/N-ethyl adjacent to an activating group) is 1. The molecule has 0 saturated heterocycles. The lowest BCUT2D eigenvalue weighted by Gasteiger charge is -2.27. The average molecular weight is 312 g/mol. The van der Waals surface area contributed by atoms with E-state index in [0.29, 0.717) is 12.6 Å². The van der Waals surface area contributed by atoms with Gasteiger partial charge in [-0.05, 0) is 52.9 Å². The Hall–Kier alpha value is -0.770. The second-order valence-electron chi connectivity index (χ2n) is 7.49. The minimum absolute atomic E-state index is 0.205. The summed E-state index contributed by atoms with van der Waals surface area (Å²) in [5.41, 5.74) is -0.422. The number of hydrogen-bond acceptors (Lipinski definition) is 3. The van der Waals surface area contributed by atoms with Crippen LogP contribution in [0.1, 0.15) is 73.1 Å². The zero-order chi connectivity index (χ0) is 16.6. The summed E-state index contributed by atoms with van der Waals surface area (Å²) in [7, 11) is 0. The molecule has 1 rings (SSSR count). The number of hydrogen-bond donors (Lipinski definition) is 1. The van der Waals surface area contributed by atoms with E-state index in [1.54, 1.807) is 4.90 Å². The molecule has 22 heavy (non-hydrogen) atoms. The maximum Gasteiger partial charge on any atom is 0.410 e. The highest BCUT2D eigenvalue weighted by molar-refractivity contribution is 5.68. The molecular weight excluding hydrogens is 276 g/mol. The van der Waals surface area contributed by atoms with Crippen LogP contribution in [0.2, 0.25) is 0 Å². The summed E-state index contributed by atoms with van der Waals surface area (Å²) in [6, 6.07) is 0.619. The highest BCUT2D eigenvalue weighted by Gasteiger charge is 2.21. The second kappa shape index (κ2) is 9.39. The van der Waals surface area contributed by atoms with Gasteiger partial charge in [-0.2, -0.15) is 0 Å². The molecule has 1 saturated carbocycles. The van der Waals surface area contributed by atoms with Gasteiger partial charge in [0, 0.05) is 25.7 Å². The number of ether oxygens (including phenoxy) is 1. The number of rotatable bonds is 6. The third-order valence-corrected chi connectivity index (χ3v) is 4.51. The molecule has 0 aromatic carbocycles.